The number of rotatable bonds is 5. The molecular weight excluding hydrogens is 282 g/mol. The average Bonchev–Trinajstić information content (AvgIpc) is 2.84. The van der Waals surface area contributed by atoms with Crippen LogP contribution in [0.2, 0.25) is 0 Å². The molecule has 2 aromatic heterocycles. The Kier molecular flexibility index (Phi) is 4.92. The second-order valence-electron chi connectivity index (χ2n) is 5.41. The first-order chi connectivity index (χ1) is 10.4. The van der Waals surface area contributed by atoms with Gasteiger partial charge in [0.2, 0.25) is 5.95 Å². The first-order valence-electron chi connectivity index (χ1n) is 7.02. The molecule has 3 N–H and O–H groups in total. The number of carbonyl (C=O) groups excluding carboxylic acids is 1. The van der Waals surface area contributed by atoms with Crippen LogP contribution in [0.25, 0.3) is 0 Å². The van der Waals surface area contributed by atoms with Crippen LogP contribution in [0.15, 0.2) is 18.5 Å². The van der Waals surface area contributed by atoms with Crippen molar-refractivity contribution in [3.05, 3.63) is 29.8 Å². The second-order valence-corrected chi connectivity index (χ2v) is 5.41. The maximum absolute atomic E-state index is 11.9. The summed E-state index contributed by atoms with van der Waals surface area (Å²) < 4.78 is 0. The van der Waals surface area contributed by atoms with Crippen LogP contribution in [-0.2, 0) is 6.42 Å². The first-order valence-corrected chi connectivity index (χ1v) is 7.02. The molecule has 0 saturated carbocycles. The third kappa shape index (κ3) is 4.44. The van der Waals surface area contributed by atoms with E-state index in [1.165, 1.54) is 0 Å². The van der Waals surface area contributed by atoms with Crippen molar-refractivity contribution in [2.75, 3.05) is 24.3 Å². The SMILES string of the molecule is Cc1cc(CC(C)NC(=O)Nc2cnc(N(C)C)nc2)n[nH]1. The van der Waals surface area contributed by atoms with E-state index < -0.39 is 0 Å². The van der Waals surface area contributed by atoms with Crippen LogP contribution >= 0.6 is 0 Å². The number of hydrogen-bond donors (Lipinski definition) is 3. The van der Waals surface area contributed by atoms with E-state index in [9.17, 15) is 4.79 Å². The Morgan fingerprint density at radius 1 is 1.36 bits per heavy atom. The van der Waals surface area contributed by atoms with Gasteiger partial charge in [0.25, 0.3) is 0 Å². The molecule has 1 unspecified atom stereocenters. The predicted molar refractivity (Wildman–Crippen MR) is 85.0 cm³/mol. The van der Waals surface area contributed by atoms with Crippen LogP contribution in [-0.4, -0.2) is 46.3 Å². The van der Waals surface area contributed by atoms with E-state index in [1.54, 1.807) is 17.3 Å². The van der Waals surface area contributed by atoms with Crippen LogP contribution in [0.4, 0.5) is 16.4 Å². The maximum atomic E-state index is 11.9. The second kappa shape index (κ2) is 6.88. The van der Waals surface area contributed by atoms with Crippen LogP contribution in [0.5, 0.6) is 0 Å². The maximum Gasteiger partial charge on any atom is 0.319 e. The van der Waals surface area contributed by atoms with E-state index in [4.69, 9.17) is 0 Å². The molecule has 8 nitrogen and oxygen atoms in total. The summed E-state index contributed by atoms with van der Waals surface area (Å²) in [6, 6.07) is 1.63. The molecule has 2 heterocycles. The van der Waals surface area contributed by atoms with E-state index in [0.29, 0.717) is 18.1 Å². The van der Waals surface area contributed by atoms with Gasteiger partial charge in [0.1, 0.15) is 0 Å². The number of nitrogens with zero attached hydrogens (tertiary/aromatic N) is 4. The molecule has 0 fully saturated rings. The van der Waals surface area contributed by atoms with E-state index in [2.05, 4.69) is 30.8 Å². The predicted octanol–water partition coefficient (Wildman–Crippen LogP) is 1.33. The average molecular weight is 303 g/mol. The lowest BCUT2D eigenvalue weighted by atomic mass is 10.2. The highest BCUT2D eigenvalue weighted by atomic mass is 16.2. The van der Waals surface area contributed by atoms with Gasteiger partial charge in [0.15, 0.2) is 0 Å². The number of urea groups is 1. The summed E-state index contributed by atoms with van der Waals surface area (Å²) in [5.74, 6) is 0.591. The number of nitrogens with one attached hydrogen (secondary N) is 3. The molecule has 0 aliphatic carbocycles. The van der Waals surface area contributed by atoms with Crippen molar-refractivity contribution >= 4 is 17.7 Å². The van der Waals surface area contributed by atoms with Gasteiger partial charge in [-0.15, -0.1) is 0 Å². The zero-order chi connectivity index (χ0) is 16.1. The molecule has 0 aliphatic rings. The number of aryl methyl sites for hydroxylation is 1. The van der Waals surface area contributed by atoms with Crippen molar-refractivity contribution in [1.82, 2.24) is 25.5 Å². The number of hydrogen-bond acceptors (Lipinski definition) is 5. The summed E-state index contributed by atoms with van der Waals surface area (Å²) in [7, 11) is 3.71. The summed E-state index contributed by atoms with van der Waals surface area (Å²) in [5, 5.41) is 12.6. The van der Waals surface area contributed by atoms with Crippen molar-refractivity contribution in [3.63, 3.8) is 0 Å². The quantitative estimate of drug-likeness (QED) is 0.774. The highest BCUT2D eigenvalue weighted by molar-refractivity contribution is 5.89. The number of anilines is 2. The molecule has 0 saturated heterocycles. The standard InChI is InChI=1S/C14H21N7O/c1-9(5-11-6-10(2)19-20-11)17-14(22)18-12-7-15-13(16-8-12)21(3)4/h6-9H,5H2,1-4H3,(H,19,20)(H2,17,18,22). The Hall–Kier alpha value is -2.64. The fraction of sp³-hybridized carbons (Fsp3) is 0.429. The molecule has 0 aromatic carbocycles. The van der Waals surface area contributed by atoms with Gasteiger partial charge in [-0.2, -0.15) is 5.10 Å². The van der Waals surface area contributed by atoms with Crippen molar-refractivity contribution in [2.45, 2.75) is 26.3 Å². The van der Waals surface area contributed by atoms with E-state index in [1.807, 2.05) is 34.0 Å². The molecule has 0 aliphatic heterocycles. The highest BCUT2D eigenvalue weighted by Crippen LogP contribution is 2.07. The molecule has 2 amide bonds. The Labute approximate surface area is 129 Å². The lowest BCUT2D eigenvalue weighted by Gasteiger charge is -2.14. The lowest BCUT2D eigenvalue weighted by Crippen LogP contribution is -2.37. The smallest absolute Gasteiger partial charge is 0.319 e. The van der Waals surface area contributed by atoms with Gasteiger partial charge in [0, 0.05) is 32.3 Å². The van der Waals surface area contributed by atoms with Gasteiger partial charge in [-0.1, -0.05) is 0 Å². The van der Waals surface area contributed by atoms with E-state index >= 15 is 0 Å². The fourth-order valence-corrected chi connectivity index (χ4v) is 1.95. The van der Waals surface area contributed by atoms with Gasteiger partial charge < -0.3 is 15.5 Å². The minimum absolute atomic E-state index is 0.0373. The number of amides is 2. The van der Waals surface area contributed by atoms with Gasteiger partial charge >= 0.3 is 6.03 Å². The van der Waals surface area contributed by atoms with Gasteiger partial charge in [-0.3, -0.25) is 5.10 Å². The van der Waals surface area contributed by atoms with Crippen molar-refractivity contribution in [1.29, 1.82) is 0 Å². The number of carbonyl (C=O) groups is 1. The minimum atomic E-state index is -0.291. The number of aromatic nitrogens is 4. The molecule has 22 heavy (non-hydrogen) atoms. The summed E-state index contributed by atoms with van der Waals surface area (Å²) in [6.07, 6.45) is 3.81. The molecule has 1 atom stereocenters. The summed E-state index contributed by atoms with van der Waals surface area (Å²) in [6.45, 7) is 3.87. The first kappa shape index (κ1) is 15.7. The summed E-state index contributed by atoms with van der Waals surface area (Å²) >= 11 is 0. The zero-order valence-corrected chi connectivity index (χ0v) is 13.2. The molecule has 118 valence electrons. The molecular formula is C14H21N7O. The largest absolute Gasteiger partial charge is 0.347 e. The van der Waals surface area contributed by atoms with Gasteiger partial charge in [-0.05, 0) is 19.9 Å². The van der Waals surface area contributed by atoms with Crippen LogP contribution in [0.3, 0.4) is 0 Å². The summed E-state index contributed by atoms with van der Waals surface area (Å²) in [5.41, 5.74) is 2.47. The molecule has 2 aromatic rings. The van der Waals surface area contributed by atoms with Crippen molar-refractivity contribution < 1.29 is 4.79 Å². The Morgan fingerprint density at radius 2 is 2.05 bits per heavy atom. The van der Waals surface area contributed by atoms with Crippen molar-refractivity contribution in [2.24, 2.45) is 0 Å². The molecule has 0 bridgehead atoms. The third-order valence-electron chi connectivity index (χ3n) is 2.95. The topological polar surface area (TPSA) is 98.8 Å². The normalized spacial score (nSPS) is 11.8. The third-order valence-corrected chi connectivity index (χ3v) is 2.95. The van der Waals surface area contributed by atoms with Crippen LogP contribution in [0, 0.1) is 6.92 Å². The Morgan fingerprint density at radius 3 is 2.59 bits per heavy atom. The van der Waals surface area contributed by atoms with Crippen LogP contribution < -0.4 is 15.5 Å². The number of H-pyrrole nitrogens is 1. The Balaban J connectivity index is 1.84. The van der Waals surface area contributed by atoms with Crippen molar-refractivity contribution in [3.8, 4) is 0 Å². The minimum Gasteiger partial charge on any atom is -0.347 e. The molecule has 8 heteroatoms. The molecule has 0 radical (unpaired) electrons. The Bertz CT molecular complexity index is 620. The van der Waals surface area contributed by atoms with Gasteiger partial charge in [-0.25, -0.2) is 14.8 Å². The van der Waals surface area contributed by atoms with Gasteiger partial charge in [0.05, 0.1) is 23.8 Å². The summed E-state index contributed by atoms with van der Waals surface area (Å²) in [4.78, 5) is 22.0. The molecule has 0 spiro atoms. The monoisotopic (exact) mass is 303 g/mol. The van der Waals surface area contributed by atoms with E-state index in [-0.39, 0.29) is 12.1 Å². The number of aromatic amines is 1. The van der Waals surface area contributed by atoms with E-state index in [0.717, 1.165) is 11.4 Å². The lowest BCUT2D eigenvalue weighted by molar-refractivity contribution is 0.249. The van der Waals surface area contributed by atoms with Crippen LogP contribution in [0.1, 0.15) is 18.3 Å². The zero-order valence-electron chi connectivity index (χ0n) is 13.2. The molecule has 2 rings (SSSR count). The fourth-order valence-electron chi connectivity index (χ4n) is 1.95. The highest BCUT2D eigenvalue weighted by Gasteiger charge is 2.10.